The van der Waals surface area contributed by atoms with Crippen molar-refractivity contribution in [1.29, 1.82) is 0 Å². The molecule has 0 saturated carbocycles. The van der Waals surface area contributed by atoms with Gasteiger partial charge in [0.15, 0.2) is 0 Å². The molecule has 1 fully saturated rings. The minimum absolute atomic E-state index is 0.273. The first-order chi connectivity index (χ1) is 8.35. The Morgan fingerprint density at radius 3 is 2.33 bits per heavy atom. The Labute approximate surface area is 112 Å². The van der Waals surface area contributed by atoms with Gasteiger partial charge in [-0.15, -0.1) is 10.3 Å². The molecule has 3 heteroatoms. The van der Waals surface area contributed by atoms with Crippen molar-refractivity contribution in [1.82, 2.24) is 5.06 Å². The average Bonchev–Trinajstić information content (AvgIpc) is 2.39. The molecule has 0 aromatic rings. The zero-order chi connectivity index (χ0) is 14.0. The molecular weight excluding hydrogens is 226 g/mol. The molecule has 105 valence electrons. The van der Waals surface area contributed by atoms with Crippen LogP contribution in [0.15, 0.2) is 0 Å². The van der Waals surface area contributed by atoms with Crippen molar-refractivity contribution in [3.8, 4) is 0 Å². The Kier molecular flexibility index (Phi) is 4.96. The van der Waals surface area contributed by atoms with Crippen LogP contribution in [-0.4, -0.2) is 22.4 Å². The molecule has 0 N–H and O–H groups in total. The van der Waals surface area contributed by atoms with Gasteiger partial charge >= 0.3 is 0 Å². The third kappa shape index (κ3) is 2.48. The summed E-state index contributed by atoms with van der Waals surface area (Å²) in [4.78, 5) is 10.6. The number of hydrogen-bond donors (Lipinski definition) is 0. The van der Waals surface area contributed by atoms with Crippen LogP contribution in [0, 0.1) is 11.8 Å². The highest BCUT2D eigenvalue weighted by Crippen LogP contribution is 2.48. The summed E-state index contributed by atoms with van der Waals surface area (Å²) >= 11 is 0. The molecule has 0 bridgehead atoms. The molecule has 0 amide bonds. The van der Waals surface area contributed by atoms with Crippen LogP contribution in [-0.2, 0) is 10.0 Å². The lowest BCUT2D eigenvalue weighted by atomic mass is 9.64. The molecule has 4 unspecified atom stereocenters. The fourth-order valence-corrected chi connectivity index (χ4v) is 3.52. The monoisotopic (exact) mass is 254 g/mol. The molecule has 1 aliphatic heterocycles. The van der Waals surface area contributed by atoms with Gasteiger partial charge in [-0.05, 0) is 51.4 Å². The second-order valence-corrected chi connectivity index (χ2v) is 6.35. The molecule has 1 aliphatic rings. The molecule has 1 rings (SSSR count). The van der Waals surface area contributed by atoms with Gasteiger partial charge in [0.05, 0.1) is 0 Å². The normalized spacial score (nSPS) is 41.9. The summed E-state index contributed by atoms with van der Waals surface area (Å²) in [6.07, 6.45) is 5.19. The smallest absolute Gasteiger partial charge is 0.120 e. The first-order valence-corrected chi connectivity index (χ1v) is 7.26. The lowest BCUT2D eigenvalue weighted by molar-refractivity contribution is -0.319. The van der Waals surface area contributed by atoms with Crippen LogP contribution >= 0.6 is 0 Å². The minimum atomic E-state index is -0.295. The molecule has 0 aromatic carbocycles. The van der Waals surface area contributed by atoms with Gasteiger partial charge in [0.2, 0.25) is 0 Å². The Balaban J connectivity index is 3.01. The van der Waals surface area contributed by atoms with Crippen LogP contribution in [0.2, 0.25) is 0 Å². The van der Waals surface area contributed by atoms with E-state index in [0.29, 0.717) is 18.3 Å². The summed E-state index contributed by atoms with van der Waals surface area (Å²) in [5, 5.41) is 14.1. The summed E-state index contributed by atoms with van der Waals surface area (Å²) in [7, 11) is 0. The standard InChI is InChI=1S/C15H28NO2/c1-6-14(4)11-13(9-8-10-17)12(3)15(5,7-2)16(14)18/h10,12-13H,6-9,11H2,1-5H3. The van der Waals surface area contributed by atoms with Crippen LogP contribution in [0.3, 0.4) is 0 Å². The first kappa shape index (κ1) is 15.6. The van der Waals surface area contributed by atoms with Gasteiger partial charge in [-0.1, -0.05) is 20.8 Å². The van der Waals surface area contributed by atoms with Crippen molar-refractivity contribution in [2.45, 2.75) is 77.8 Å². The molecule has 0 aliphatic carbocycles. The summed E-state index contributed by atoms with van der Waals surface area (Å²) in [5.41, 5.74) is -0.568. The highest BCUT2D eigenvalue weighted by molar-refractivity contribution is 5.49. The summed E-state index contributed by atoms with van der Waals surface area (Å²) in [6.45, 7) is 10.5. The zero-order valence-corrected chi connectivity index (χ0v) is 12.5. The van der Waals surface area contributed by atoms with Crippen LogP contribution < -0.4 is 0 Å². The van der Waals surface area contributed by atoms with E-state index in [-0.39, 0.29) is 11.1 Å². The van der Waals surface area contributed by atoms with Crippen LogP contribution in [0.1, 0.15) is 66.7 Å². The van der Waals surface area contributed by atoms with Gasteiger partial charge in [-0.2, -0.15) is 0 Å². The van der Waals surface area contributed by atoms with Crippen molar-refractivity contribution in [2.75, 3.05) is 0 Å². The minimum Gasteiger partial charge on any atom is -0.303 e. The second kappa shape index (κ2) is 5.70. The molecule has 1 heterocycles. The van der Waals surface area contributed by atoms with E-state index in [9.17, 15) is 10.0 Å². The lowest BCUT2D eigenvalue weighted by Gasteiger charge is -2.56. The zero-order valence-electron chi connectivity index (χ0n) is 12.5. The largest absolute Gasteiger partial charge is 0.303 e. The number of aldehydes is 1. The second-order valence-electron chi connectivity index (χ2n) is 6.35. The van der Waals surface area contributed by atoms with Crippen molar-refractivity contribution in [3.05, 3.63) is 0 Å². The highest BCUT2D eigenvalue weighted by atomic mass is 16.5. The van der Waals surface area contributed by atoms with Gasteiger partial charge in [-0.25, -0.2) is 0 Å². The average molecular weight is 254 g/mol. The van der Waals surface area contributed by atoms with E-state index < -0.39 is 0 Å². The van der Waals surface area contributed by atoms with Crippen LogP contribution in [0.5, 0.6) is 0 Å². The topological polar surface area (TPSA) is 40.2 Å². The maximum Gasteiger partial charge on any atom is 0.120 e. The SMILES string of the molecule is CCC1(C)CC(CCC=O)C(C)C(C)(CC)N1[O]. The van der Waals surface area contributed by atoms with E-state index in [1.165, 1.54) is 5.06 Å². The molecule has 18 heavy (non-hydrogen) atoms. The number of carbonyl (C=O) groups excluding carboxylic acids is 1. The van der Waals surface area contributed by atoms with Crippen molar-refractivity contribution >= 4 is 6.29 Å². The van der Waals surface area contributed by atoms with E-state index in [4.69, 9.17) is 0 Å². The lowest BCUT2D eigenvalue weighted by Crippen LogP contribution is -2.64. The molecule has 1 saturated heterocycles. The number of nitrogens with zero attached hydrogens (tertiary/aromatic N) is 1. The summed E-state index contributed by atoms with van der Waals surface area (Å²) in [6, 6.07) is 0. The number of hydrogen-bond acceptors (Lipinski definition) is 2. The van der Waals surface area contributed by atoms with Gasteiger partial charge in [-0.3, -0.25) is 0 Å². The molecule has 1 radical (unpaired) electrons. The van der Waals surface area contributed by atoms with Gasteiger partial charge in [0.1, 0.15) is 6.29 Å². The molecular formula is C15H28NO2. The predicted octanol–water partition coefficient (Wildman–Crippen LogP) is 3.61. The predicted molar refractivity (Wildman–Crippen MR) is 72.5 cm³/mol. The first-order valence-electron chi connectivity index (χ1n) is 7.26. The van der Waals surface area contributed by atoms with Crippen molar-refractivity contribution in [2.24, 2.45) is 11.8 Å². The Bertz CT molecular complexity index is 294. The third-order valence-electron chi connectivity index (χ3n) is 5.48. The number of carbonyl (C=O) groups is 1. The fourth-order valence-electron chi connectivity index (χ4n) is 3.52. The maximum atomic E-state index is 12.7. The third-order valence-corrected chi connectivity index (χ3v) is 5.48. The maximum absolute atomic E-state index is 12.7. The Hall–Kier alpha value is -0.410. The van der Waals surface area contributed by atoms with Gasteiger partial charge < -0.3 is 4.79 Å². The number of rotatable bonds is 5. The molecule has 0 aromatic heterocycles. The van der Waals surface area contributed by atoms with Gasteiger partial charge in [0.25, 0.3) is 0 Å². The highest BCUT2D eigenvalue weighted by Gasteiger charge is 2.52. The molecule has 4 atom stereocenters. The Morgan fingerprint density at radius 2 is 1.89 bits per heavy atom. The van der Waals surface area contributed by atoms with E-state index in [0.717, 1.165) is 32.0 Å². The summed E-state index contributed by atoms with van der Waals surface area (Å²) < 4.78 is 0. The van der Waals surface area contributed by atoms with E-state index >= 15 is 0 Å². The molecule has 0 spiro atoms. The van der Waals surface area contributed by atoms with E-state index in [2.05, 4.69) is 34.6 Å². The fraction of sp³-hybridized carbons (Fsp3) is 0.933. The van der Waals surface area contributed by atoms with Crippen molar-refractivity contribution < 1.29 is 10.0 Å². The quantitative estimate of drug-likeness (QED) is 0.703. The van der Waals surface area contributed by atoms with Crippen LogP contribution in [0.4, 0.5) is 0 Å². The number of piperidine rings is 1. The number of hydroxylamine groups is 2. The summed E-state index contributed by atoms with van der Waals surface area (Å²) in [5.74, 6) is 0.829. The Morgan fingerprint density at radius 1 is 1.28 bits per heavy atom. The molecule has 3 nitrogen and oxygen atoms in total. The van der Waals surface area contributed by atoms with E-state index in [1.807, 2.05) is 0 Å². The van der Waals surface area contributed by atoms with Gasteiger partial charge in [0, 0.05) is 17.5 Å². The van der Waals surface area contributed by atoms with E-state index in [1.54, 1.807) is 0 Å². The van der Waals surface area contributed by atoms with Crippen molar-refractivity contribution in [3.63, 3.8) is 0 Å². The van der Waals surface area contributed by atoms with Crippen LogP contribution in [0.25, 0.3) is 0 Å².